The number of anilines is 1. The van der Waals surface area contributed by atoms with E-state index in [2.05, 4.69) is 22.8 Å². The average Bonchev–Trinajstić information content (AvgIpc) is 2.51. The van der Waals surface area contributed by atoms with Gasteiger partial charge in [0.25, 0.3) is 5.91 Å². The topological polar surface area (TPSA) is 41.1 Å². The Morgan fingerprint density at radius 2 is 1.82 bits per heavy atom. The molecule has 0 spiro atoms. The minimum atomic E-state index is -0.0311. The lowest BCUT2D eigenvalue weighted by Gasteiger charge is -2.11. The molecule has 0 aliphatic carbocycles. The number of hydrogen-bond acceptors (Lipinski definition) is 3. The zero-order valence-electron chi connectivity index (χ0n) is 13.3. The van der Waals surface area contributed by atoms with Crippen molar-refractivity contribution >= 4 is 34.1 Å². The van der Waals surface area contributed by atoms with Gasteiger partial charge in [0.1, 0.15) is 0 Å². The summed E-state index contributed by atoms with van der Waals surface area (Å²) in [7, 11) is 1.91. The maximum Gasteiger partial charge on any atom is 0.261 e. The molecule has 0 aliphatic heterocycles. The number of allylic oxidation sites excluding steroid dienone is 1. The van der Waals surface area contributed by atoms with Gasteiger partial charge < -0.3 is 10.6 Å². The van der Waals surface area contributed by atoms with Crippen LogP contribution in [0.25, 0.3) is 10.8 Å². The maximum absolute atomic E-state index is 12.5. The Hall–Kier alpha value is -1.78. The van der Waals surface area contributed by atoms with Crippen molar-refractivity contribution in [3.8, 4) is 0 Å². The molecule has 2 N–H and O–H groups in total. The van der Waals surface area contributed by atoms with E-state index in [1.807, 2.05) is 51.2 Å². The first-order valence-corrected chi connectivity index (χ1v) is 8.35. The first-order valence-electron chi connectivity index (χ1n) is 7.37. The Morgan fingerprint density at radius 1 is 1.09 bits per heavy atom. The first kappa shape index (κ1) is 16.6. The molecule has 0 saturated carbocycles. The van der Waals surface area contributed by atoms with E-state index in [-0.39, 0.29) is 5.91 Å². The fourth-order valence-electron chi connectivity index (χ4n) is 2.15. The Kier molecular flexibility index (Phi) is 6.04. The third-order valence-electron chi connectivity index (χ3n) is 3.27. The third kappa shape index (κ3) is 4.36. The van der Waals surface area contributed by atoms with Gasteiger partial charge >= 0.3 is 0 Å². The molecule has 0 heterocycles. The summed E-state index contributed by atoms with van der Waals surface area (Å²) in [6.45, 7) is 4.83. The lowest BCUT2D eigenvalue weighted by Crippen LogP contribution is -2.16. The highest BCUT2D eigenvalue weighted by molar-refractivity contribution is 8.04. The van der Waals surface area contributed by atoms with Crippen LogP contribution in [0.5, 0.6) is 0 Å². The second-order valence-corrected chi connectivity index (χ2v) is 6.40. The molecule has 0 atom stereocenters. The molecule has 1 amide bonds. The predicted molar refractivity (Wildman–Crippen MR) is 97.3 cm³/mol. The van der Waals surface area contributed by atoms with Crippen molar-refractivity contribution in [3.05, 3.63) is 52.9 Å². The number of rotatable bonds is 6. The van der Waals surface area contributed by atoms with Crippen LogP contribution in [0.4, 0.5) is 5.69 Å². The lowest BCUT2D eigenvalue weighted by atomic mass is 10.1. The number of benzene rings is 2. The quantitative estimate of drug-likeness (QED) is 0.625. The standard InChI is InChI=1S/C18H22N2OS/c1-13(2)17(22-11-10-19-3)18(21)20-16-9-8-14-6-4-5-7-15(14)12-16/h4-9,12,19H,10-11H2,1-3H3,(H,20,21). The maximum atomic E-state index is 12.5. The fourth-order valence-corrected chi connectivity index (χ4v) is 3.13. The first-order chi connectivity index (χ1) is 10.6. The fraction of sp³-hybridized carbons (Fsp3) is 0.278. The van der Waals surface area contributed by atoms with Gasteiger partial charge in [0.2, 0.25) is 0 Å². The molecule has 0 unspecified atom stereocenters. The van der Waals surface area contributed by atoms with Crippen LogP contribution in [-0.4, -0.2) is 25.3 Å². The van der Waals surface area contributed by atoms with Gasteiger partial charge in [-0.25, -0.2) is 0 Å². The zero-order chi connectivity index (χ0) is 15.9. The van der Waals surface area contributed by atoms with Crippen LogP contribution in [0.2, 0.25) is 0 Å². The summed E-state index contributed by atoms with van der Waals surface area (Å²) < 4.78 is 0. The molecule has 0 radical (unpaired) electrons. The van der Waals surface area contributed by atoms with E-state index in [1.165, 1.54) is 5.39 Å². The minimum absolute atomic E-state index is 0.0311. The van der Waals surface area contributed by atoms with Gasteiger partial charge in [-0.2, -0.15) is 0 Å². The smallest absolute Gasteiger partial charge is 0.261 e. The highest BCUT2D eigenvalue weighted by atomic mass is 32.2. The van der Waals surface area contributed by atoms with Crippen LogP contribution < -0.4 is 10.6 Å². The van der Waals surface area contributed by atoms with E-state index in [1.54, 1.807) is 11.8 Å². The molecule has 0 fully saturated rings. The van der Waals surface area contributed by atoms with Gasteiger partial charge in [-0.15, -0.1) is 11.8 Å². The molecule has 4 heteroatoms. The van der Waals surface area contributed by atoms with Gasteiger partial charge in [-0.05, 0) is 43.8 Å². The molecule has 0 saturated heterocycles. The van der Waals surface area contributed by atoms with Crippen LogP contribution in [0.1, 0.15) is 13.8 Å². The van der Waals surface area contributed by atoms with Crippen molar-refractivity contribution in [1.29, 1.82) is 0 Å². The SMILES string of the molecule is CNCCSC(C(=O)Nc1ccc2ccccc2c1)=C(C)C. The summed E-state index contributed by atoms with van der Waals surface area (Å²) in [5.74, 6) is 0.846. The monoisotopic (exact) mass is 314 g/mol. The van der Waals surface area contributed by atoms with Crippen molar-refractivity contribution in [2.75, 3.05) is 24.7 Å². The van der Waals surface area contributed by atoms with Crippen molar-refractivity contribution in [3.63, 3.8) is 0 Å². The van der Waals surface area contributed by atoms with Gasteiger partial charge in [-0.1, -0.05) is 35.9 Å². The van der Waals surface area contributed by atoms with Crippen LogP contribution in [0.3, 0.4) is 0 Å². The van der Waals surface area contributed by atoms with Crippen molar-refractivity contribution < 1.29 is 4.79 Å². The largest absolute Gasteiger partial charge is 0.322 e. The van der Waals surface area contributed by atoms with Crippen LogP contribution in [0, 0.1) is 0 Å². The van der Waals surface area contributed by atoms with Crippen LogP contribution in [0.15, 0.2) is 52.9 Å². The number of carbonyl (C=O) groups is 1. The van der Waals surface area contributed by atoms with E-state index >= 15 is 0 Å². The number of nitrogens with one attached hydrogen (secondary N) is 2. The van der Waals surface area contributed by atoms with E-state index in [4.69, 9.17) is 0 Å². The second kappa shape index (κ2) is 8.01. The molecule has 22 heavy (non-hydrogen) atoms. The lowest BCUT2D eigenvalue weighted by molar-refractivity contribution is -0.112. The number of hydrogen-bond donors (Lipinski definition) is 2. The number of fused-ring (bicyclic) bond motifs is 1. The normalized spacial score (nSPS) is 10.5. The molecule has 116 valence electrons. The number of carbonyl (C=O) groups excluding carboxylic acids is 1. The van der Waals surface area contributed by atoms with Gasteiger partial charge in [0.15, 0.2) is 0 Å². The van der Waals surface area contributed by atoms with E-state index in [9.17, 15) is 4.79 Å². The summed E-state index contributed by atoms with van der Waals surface area (Å²) in [5.41, 5.74) is 1.87. The summed E-state index contributed by atoms with van der Waals surface area (Å²) in [6, 6.07) is 14.1. The third-order valence-corrected chi connectivity index (χ3v) is 4.56. The summed E-state index contributed by atoms with van der Waals surface area (Å²) in [4.78, 5) is 13.3. The molecule has 2 aromatic carbocycles. The second-order valence-electron chi connectivity index (χ2n) is 5.30. The van der Waals surface area contributed by atoms with E-state index in [0.717, 1.165) is 33.8 Å². The van der Waals surface area contributed by atoms with Crippen molar-refractivity contribution in [2.24, 2.45) is 0 Å². The summed E-state index contributed by atoms with van der Waals surface area (Å²) in [6.07, 6.45) is 0. The molecule has 2 rings (SSSR count). The molecule has 3 nitrogen and oxygen atoms in total. The molecule has 0 aliphatic rings. The van der Waals surface area contributed by atoms with E-state index in [0.29, 0.717) is 0 Å². The predicted octanol–water partition coefficient (Wildman–Crippen LogP) is 4.02. The van der Waals surface area contributed by atoms with Crippen LogP contribution >= 0.6 is 11.8 Å². The molecular formula is C18H22N2OS. The zero-order valence-corrected chi connectivity index (χ0v) is 14.1. The van der Waals surface area contributed by atoms with Gasteiger partial charge in [0, 0.05) is 18.0 Å². The summed E-state index contributed by atoms with van der Waals surface area (Å²) >= 11 is 1.59. The minimum Gasteiger partial charge on any atom is -0.322 e. The van der Waals surface area contributed by atoms with Crippen molar-refractivity contribution in [2.45, 2.75) is 13.8 Å². The Balaban J connectivity index is 2.12. The number of thioether (sulfide) groups is 1. The van der Waals surface area contributed by atoms with Gasteiger partial charge in [0.05, 0.1) is 4.91 Å². The summed E-state index contributed by atoms with van der Waals surface area (Å²) in [5, 5.41) is 8.40. The number of amides is 1. The highest BCUT2D eigenvalue weighted by Crippen LogP contribution is 2.23. The Morgan fingerprint density at radius 3 is 2.50 bits per heavy atom. The Labute approximate surface area is 136 Å². The molecule has 2 aromatic rings. The Bertz CT molecular complexity index is 690. The van der Waals surface area contributed by atoms with Gasteiger partial charge in [-0.3, -0.25) is 4.79 Å². The molecule has 0 aromatic heterocycles. The van der Waals surface area contributed by atoms with Crippen LogP contribution in [-0.2, 0) is 4.79 Å². The highest BCUT2D eigenvalue weighted by Gasteiger charge is 2.12. The average molecular weight is 314 g/mol. The van der Waals surface area contributed by atoms with Crippen molar-refractivity contribution in [1.82, 2.24) is 5.32 Å². The van der Waals surface area contributed by atoms with E-state index < -0.39 is 0 Å². The molecule has 0 bridgehead atoms. The molecular weight excluding hydrogens is 292 g/mol.